The average molecular weight is 355 g/mol. The van der Waals surface area contributed by atoms with E-state index in [2.05, 4.69) is 34.1 Å². The Morgan fingerprint density at radius 3 is 2.88 bits per heavy atom. The Hall–Kier alpha value is -1.69. The lowest BCUT2D eigenvalue weighted by atomic mass is 10.0. The van der Waals surface area contributed by atoms with E-state index in [9.17, 15) is 0 Å². The molecule has 1 aromatic carbocycles. The van der Waals surface area contributed by atoms with Crippen molar-refractivity contribution in [2.75, 3.05) is 46.0 Å². The predicted molar refractivity (Wildman–Crippen MR) is 104 cm³/mol. The molecule has 0 amide bonds. The Kier molecular flexibility index (Phi) is 5.68. The third-order valence-electron chi connectivity index (χ3n) is 5.46. The molecule has 4 rings (SSSR count). The van der Waals surface area contributed by atoms with Crippen LogP contribution in [0.25, 0.3) is 10.9 Å². The summed E-state index contributed by atoms with van der Waals surface area (Å²) < 4.78 is 11.1. The molecule has 5 nitrogen and oxygen atoms in total. The third-order valence-corrected chi connectivity index (χ3v) is 5.46. The van der Waals surface area contributed by atoms with Gasteiger partial charge in [-0.1, -0.05) is 6.07 Å². The first-order chi connectivity index (χ1) is 12.8. The second-order valence-corrected chi connectivity index (χ2v) is 7.27. The van der Waals surface area contributed by atoms with Gasteiger partial charge in [0, 0.05) is 37.6 Å². The zero-order valence-electron chi connectivity index (χ0n) is 15.7. The number of hydrogen-bond donors (Lipinski definition) is 0. The Morgan fingerprint density at radius 1 is 1.15 bits per heavy atom. The number of hydrogen-bond acceptors (Lipinski definition) is 5. The van der Waals surface area contributed by atoms with Crippen molar-refractivity contribution in [3.8, 4) is 5.75 Å². The number of aromatic nitrogens is 1. The molecule has 2 aromatic rings. The van der Waals surface area contributed by atoms with Crippen LogP contribution in [-0.4, -0.2) is 66.8 Å². The van der Waals surface area contributed by atoms with Gasteiger partial charge in [0.05, 0.1) is 31.0 Å². The van der Waals surface area contributed by atoms with Crippen LogP contribution in [0, 0.1) is 0 Å². The van der Waals surface area contributed by atoms with Crippen LogP contribution in [0.4, 0.5) is 0 Å². The summed E-state index contributed by atoms with van der Waals surface area (Å²) in [4.78, 5) is 10.0. The van der Waals surface area contributed by atoms with E-state index in [0.29, 0.717) is 12.6 Å². The van der Waals surface area contributed by atoms with Crippen molar-refractivity contribution >= 4 is 10.9 Å². The van der Waals surface area contributed by atoms with E-state index < -0.39 is 0 Å². The molecule has 2 aliphatic heterocycles. The second-order valence-electron chi connectivity index (χ2n) is 7.27. The van der Waals surface area contributed by atoms with E-state index >= 15 is 0 Å². The summed E-state index contributed by atoms with van der Waals surface area (Å²) in [6.45, 7) is 9.87. The molecule has 3 heterocycles. The SMILES string of the molecule is CCOc1ccc2nc(CN3CCCC(N4CCOCC4)C3)ccc2c1. The van der Waals surface area contributed by atoms with Crippen LogP contribution in [0.15, 0.2) is 30.3 Å². The summed E-state index contributed by atoms with van der Waals surface area (Å²) >= 11 is 0. The Morgan fingerprint density at radius 2 is 2.04 bits per heavy atom. The molecule has 2 fully saturated rings. The Labute approximate surface area is 155 Å². The van der Waals surface area contributed by atoms with Crippen LogP contribution in [0.3, 0.4) is 0 Å². The minimum absolute atomic E-state index is 0.668. The van der Waals surface area contributed by atoms with E-state index in [1.807, 2.05) is 13.0 Å². The summed E-state index contributed by atoms with van der Waals surface area (Å²) in [6.07, 6.45) is 2.58. The van der Waals surface area contributed by atoms with Crippen LogP contribution >= 0.6 is 0 Å². The minimum atomic E-state index is 0.668. The Balaban J connectivity index is 1.41. The number of nitrogens with zero attached hydrogens (tertiary/aromatic N) is 3. The number of ether oxygens (including phenoxy) is 2. The van der Waals surface area contributed by atoms with E-state index in [1.165, 1.54) is 19.4 Å². The van der Waals surface area contributed by atoms with Gasteiger partial charge in [-0.05, 0) is 50.6 Å². The fraction of sp³-hybridized carbons (Fsp3) is 0.571. The van der Waals surface area contributed by atoms with Crippen molar-refractivity contribution in [3.63, 3.8) is 0 Å². The molecule has 1 unspecified atom stereocenters. The number of morpholine rings is 1. The maximum Gasteiger partial charge on any atom is 0.120 e. The van der Waals surface area contributed by atoms with Gasteiger partial charge in [0.15, 0.2) is 0 Å². The van der Waals surface area contributed by atoms with Gasteiger partial charge in [0.2, 0.25) is 0 Å². The Bertz CT molecular complexity index is 730. The molecule has 1 atom stereocenters. The van der Waals surface area contributed by atoms with Crippen LogP contribution in [0.1, 0.15) is 25.5 Å². The summed E-state index contributed by atoms with van der Waals surface area (Å²) in [6, 6.07) is 11.2. The van der Waals surface area contributed by atoms with Crippen molar-refractivity contribution in [2.24, 2.45) is 0 Å². The maximum absolute atomic E-state index is 5.59. The zero-order valence-corrected chi connectivity index (χ0v) is 15.7. The first-order valence-corrected chi connectivity index (χ1v) is 9.88. The second kappa shape index (κ2) is 8.33. The van der Waals surface area contributed by atoms with Gasteiger partial charge in [-0.15, -0.1) is 0 Å². The maximum atomic E-state index is 5.59. The molecule has 0 saturated carbocycles. The highest BCUT2D eigenvalue weighted by Gasteiger charge is 2.26. The molecule has 2 aliphatic rings. The van der Waals surface area contributed by atoms with Crippen molar-refractivity contribution < 1.29 is 9.47 Å². The largest absolute Gasteiger partial charge is 0.494 e. The summed E-state index contributed by atoms with van der Waals surface area (Å²) in [7, 11) is 0. The zero-order chi connectivity index (χ0) is 17.8. The normalized spacial score (nSPS) is 22.6. The average Bonchev–Trinajstić information content (AvgIpc) is 2.69. The molecule has 26 heavy (non-hydrogen) atoms. The topological polar surface area (TPSA) is 37.8 Å². The van der Waals surface area contributed by atoms with Gasteiger partial charge in [0.25, 0.3) is 0 Å². The lowest BCUT2D eigenvalue weighted by Gasteiger charge is -2.40. The van der Waals surface area contributed by atoms with E-state index in [4.69, 9.17) is 14.5 Å². The standard InChI is InChI=1S/C21H29N3O2/c1-2-26-20-7-8-21-17(14-20)5-6-18(22-21)15-23-9-3-4-19(16-23)24-10-12-25-13-11-24/h5-8,14,19H,2-4,9-13,15-16H2,1H3. The summed E-state index contributed by atoms with van der Waals surface area (Å²) in [5.74, 6) is 0.916. The van der Waals surface area contributed by atoms with Crippen molar-refractivity contribution in [1.29, 1.82) is 0 Å². The molecular formula is C21H29N3O2. The predicted octanol–water partition coefficient (Wildman–Crippen LogP) is 2.93. The van der Waals surface area contributed by atoms with Crippen molar-refractivity contribution in [2.45, 2.75) is 32.4 Å². The summed E-state index contributed by atoms with van der Waals surface area (Å²) in [5.41, 5.74) is 2.21. The van der Waals surface area contributed by atoms with Crippen LogP contribution < -0.4 is 4.74 Å². The fourth-order valence-corrected chi connectivity index (χ4v) is 4.13. The van der Waals surface area contributed by atoms with Crippen LogP contribution in [0.2, 0.25) is 0 Å². The number of likely N-dealkylation sites (tertiary alicyclic amines) is 1. The molecule has 140 valence electrons. The number of fused-ring (bicyclic) bond motifs is 1. The van der Waals surface area contributed by atoms with Gasteiger partial charge in [0.1, 0.15) is 5.75 Å². The van der Waals surface area contributed by atoms with E-state index in [1.54, 1.807) is 0 Å². The fourth-order valence-electron chi connectivity index (χ4n) is 4.13. The van der Waals surface area contributed by atoms with E-state index in [0.717, 1.165) is 61.7 Å². The number of piperidine rings is 1. The van der Waals surface area contributed by atoms with Crippen LogP contribution in [-0.2, 0) is 11.3 Å². The van der Waals surface area contributed by atoms with Gasteiger partial charge in [-0.25, -0.2) is 0 Å². The number of benzene rings is 1. The van der Waals surface area contributed by atoms with Gasteiger partial charge in [-0.3, -0.25) is 14.8 Å². The molecular weight excluding hydrogens is 326 g/mol. The van der Waals surface area contributed by atoms with Gasteiger partial charge in [-0.2, -0.15) is 0 Å². The first kappa shape index (κ1) is 17.7. The van der Waals surface area contributed by atoms with Crippen molar-refractivity contribution in [3.05, 3.63) is 36.0 Å². The molecule has 2 saturated heterocycles. The van der Waals surface area contributed by atoms with Gasteiger partial charge < -0.3 is 9.47 Å². The molecule has 5 heteroatoms. The third kappa shape index (κ3) is 4.17. The lowest BCUT2D eigenvalue weighted by Crippen LogP contribution is -2.51. The molecule has 0 N–H and O–H groups in total. The highest BCUT2D eigenvalue weighted by molar-refractivity contribution is 5.80. The summed E-state index contributed by atoms with van der Waals surface area (Å²) in [5, 5.41) is 1.14. The number of rotatable bonds is 5. The number of pyridine rings is 1. The molecule has 0 spiro atoms. The quantitative estimate of drug-likeness (QED) is 0.824. The molecule has 0 bridgehead atoms. The highest BCUT2D eigenvalue weighted by atomic mass is 16.5. The first-order valence-electron chi connectivity index (χ1n) is 9.88. The van der Waals surface area contributed by atoms with E-state index in [-0.39, 0.29) is 0 Å². The van der Waals surface area contributed by atoms with Crippen molar-refractivity contribution in [1.82, 2.24) is 14.8 Å². The minimum Gasteiger partial charge on any atom is -0.494 e. The molecule has 1 aromatic heterocycles. The highest BCUT2D eigenvalue weighted by Crippen LogP contribution is 2.22. The smallest absolute Gasteiger partial charge is 0.120 e. The van der Waals surface area contributed by atoms with Gasteiger partial charge >= 0.3 is 0 Å². The molecule has 0 radical (unpaired) electrons. The molecule has 0 aliphatic carbocycles. The monoisotopic (exact) mass is 355 g/mol. The van der Waals surface area contributed by atoms with Crippen LogP contribution in [0.5, 0.6) is 5.75 Å². The lowest BCUT2D eigenvalue weighted by molar-refractivity contribution is -0.00370.